The van der Waals surface area contributed by atoms with E-state index in [0.29, 0.717) is 21.2 Å². The van der Waals surface area contributed by atoms with Crippen LogP contribution in [0, 0.1) is 23.2 Å². The summed E-state index contributed by atoms with van der Waals surface area (Å²) >= 11 is 0.591. The molecule has 1 heterocycles. The van der Waals surface area contributed by atoms with Gasteiger partial charge in [0.05, 0.1) is 0 Å². The van der Waals surface area contributed by atoms with Crippen LogP contribution in [0.25, 0.3) is 0 Å². The molecule has 14 heavy (non-hydrogen) atoms. The Kier molecular flexibility index (Phi) is 3.17. The Hall–Kier alpha value is 0.730. The Balaban J connectivity index is 2.16. The summed E-state index contributed by atoms with van der Waals surface area (Å²) in [5, 5.41) is 0. The van der Waals surface area contributed by atoms with Crippen LogP contribution in [-0.2, 0) is 0 Å². The third kappa shape index (κ3) is 1.54. The third-order valence-electron chi connectivity index (χ3n) is 4.95. The summed E-state index contributed by atoms with van der Waals surface area (Å²) in [6.07, 6.45) is 4.51. The molecule has 1 saturated carbocycles. The van der Waals surface area contributed by atoms with Crippen LogP contribution in [0.4, 0.5) is 0 Å². The quantitative estimate of drug-likeness (QED) is 0.516. The van der Waals surface area contributed by atoms with Crippen molar-refractivity contribution in [1.29, 1.82) is 0 Å². The first-order valence-electron chi connectivity index (χ1n) is 6.17. The first kappa shape index (κ1) is 11.2. The molecule has 0 aromatic rings. The number of hydrogen-bond acceptors (Lipinski definition) is 0. The minimum absolute atomic E-state index is 0.591. The van der Waals surface area contributed by atoms with Gasteiger partial charge in [-0.2, -0.15) is 0 Å². The van der Waals surface area contributed by atoms with Gasteiger partial charge in [0.25, 0.3) is 0 Å². The molecule has 2 aliphatic rings. The van der Waals surface area contributed by atoms with Crippen LogP contribution in [0.15, 0.2) is 0 Å². The summed E-state index contributed by atoms with van der Waals surface area (Å²) in [4.78, 5) is 0. The number of hydrogen-bond donors (Lipinski definition) is 0. The summed E-state index contributed by atoms with van der Waals surface area (Å²) in [6.45, 7) is 10.0. The Labute approximate surface area is 99.5 Å². The molecule has 0 spiro atoms. The van der Waals surface area contributed by atoms with Crippen LogP contribution in [-0.4, -0.2) is 8.35 Å². The van der Waals surface area contributed by atoms with Gasteiger partial charge in [-0.25, -0.2) is 0 Å². The van der Waals surface area contributed by atoms with Gasteiger partial charge in [-0.15, -0.1) is 0 Å². The van der Waals surface area contributed by atoms with Crippen LogP contribution < -0.4 is 21.2 Å². The maximum absolute atomic E-state index is 2.62. The molecule has 0 radical (unpaired) electrons. The Bertz CT molecular complexity index is 209. The minimum atomic E-state index is 0.591. The molecule has 2 fully saturated rings. The van der Waals surface area contributed by atoms with E-state index >= 15 is 0 Å². The number of rotatable bonds is 2. The Morgan fingerprint density at radius 1 is 1.36 bits per heavy atom. The molecule has 0 amide bonds. The van der Waals surface area contributed by atoms with Crippen molar-refractivity contribution in [2.24, 2.45) is 23.2 Å². The average molecular weight is 307 g/mol. The number of alkyl halides is 2. The second kappa shape index (κ2) is 3.95. The van der Waals surface area contributed by atoms with Crippen molar-refractivity contribution >= 4 is 0 Å². The van der Waals surface area contributed by atoms with Crippen LogP contribution >= 0.6 is 0 Å². The van der Waals surface area contributed by atoms with Crippen LogP contribution in [0.3, 0.4) is 0 Å². The average Bonchev–Trinajstić information content (AvgIpc) is 2.20. The zero-order valence-electron chi connectivity index (χ0n) is 10.0. The fraction of sp³-hybridized carbons (Fsp3) is 1.00. The third-order valence-corrected chi connectivity index (χ3v) is 9.31. The maximum atomic E-state index is 2.62. The molecule has 84 valence electrons. The topological polar surface area (TPSA) is 0 Å². The SMILES string of the molecule is CCC1C(C)C(C)CC1(C)C1CC[I-]1. The van der Waals surface area contributed by atoms with Crippen LogP contribution in [0.5, 0.6) is 0 Å². The fourth-order valence-electron chi connectivity index (χ4n) is 3.95. The van der Waals surface area contributed by atoms with Gasteiger partial charge in [-0.05, 0) is 0 Å². The van der Waals surface area contributed by atoms with Crippen molar-refractivity contribution in [3.8, 4) is 0 Å². The van der Waals surface area contributed by atoms with Crippen molar-refractivity contribution in [2.75, 3.05) is 4.43 Å². The normalized spacial score (nSPS) is 53.7. The Morgan fingerprint density at radius 2 is 2.00 bits per heavy atom. The predicted molar refractivity (Wildman–Crippen MR) is 58.1 cm³/mol. The second-order valence-corrected chi connectivity index (χ2v) is 9.12. The second-order valence-electron chi connectivity index (χ2n) is 5.66. The molecule has 5 unspecified atom stereocenters. The molecule has 0 aromatic heterocycles. The first-order valence-corrected chi connectivity index (χ1v) is 8.94. The van der Waals surface area contributed by atoms with Crippen molar-refractivity contribution in [2.45, 2.75) is 50.9 Å². The fourth-order valence-corrected chi connectivity index (χ4v) is 6.92. The van der Waals surface area contributed by atoms with Crippen molar-refractivity contribution in [3.63, 3.8) is 0 Å². The van der Waals surface area contributed by atoms with Crippen molar-refractivity contribution in [1.82, 2.24) is 0 Å². The molecule has 1 aliphatic heterocycles. The van der Waals surface area contributed by atoms with Gasteiger partial charge in [0.15, 0.2) is 0 Å². The predicted octanol–water partition coefficient (Wildman–Crippen LogP) is 0.556. The van der Waals surface area contributed by atoms with E-state index < -0.39 is 0 Å². The van der Waals surface area contributed by atoms with E-state index in [1.807, 2.05) is 0 Å². The molecule has 0 bridgehead atoms. The molecule has 0 nitrogen and oxygen atoms in total. The molecule has 0 aromatic carbocycles. The van der Waals surface area contributed by atoms with Gasteiger partial charge in [-0.3, -0.25) is 0 Å². The first-order chi connectivity index (χ1) is 6.59. The summed E-state index contributed by atoms with van der Waals surface area (Å²) in [5.74, 6) is 2.99. The van der Waals surface area contributed by atoms with E-state index in [-0.39, 0.29) is 0 Å². The van der Waals surface area contributed by atoms with E-state index in [2.05, 4.69) is 27.7 Å². The van der Waals surface area contributed by atoms with Crippen molar-refractivity contribution in [3.05, 3.63) is 0 Å². The molecular formula is C13H24I-. The van der Waals surface area contributed by atoms with Gasteiger partial charge >= 0.3 is 99.7 Å². The summed E-state index contributed by atoms with van der Waals surface area (Å²) in [6, 6.07) is 0. The van der Waals surface area contributed by atoms with Gasteiger partial charge < -0.3 is 0 Å². The van der Waals surface area contributed by atoms with Gasteiger partial charge in [-0.1, -0.05) is 0 Å². The number of halogens is 1. The molecular weight excluding hydrogens is 283 g/mol. The zero-order chi connectivity index (χ0) is 10.3. The van der Waals surface area contributed by atoms with E-state index in [4.69, 9.17) is 0 Å². The van der Waals surface area contributed by atoms with Crippen LogP contribution in [0.1, 0.15) is 47.0 Å². The van der Waals surface area contributed by atoms with Crippen molar-refractivity contribution < 1.29 is 21.2 Å². The molecule has 2 rings (SSSR count). The Morgan fingerprint density at radius 3 is 2.43 bits per heavy atom. The molecule has 1 saturated heterocycles. The summed E-state index contributed by atoms with van der Waals surface area (Å²) in [7, 11) is 0. The molecule has 5 atom stereocenters. The van der Waals surface area contributed by atoms with Crippen LogP contribution in [0.2, 0.25) is 0 Å². The van der Waals surface area contributed by atoms with Gasteiger partial charge in [0.2, 0.25) is 0 Å². The van der Waals surface area contributed by atoms with E-state index in [1.54, 1.807) is 10.8 Å². The zero-order valence-corrected chi connectivity index (χ0v) is 12.2. The summed E-state index contributed by atoms with van der Waals surface area (Å²) < 4.78 is 2.79. The standard InChI is InChI=1S/C13H24I/c1-5-11-10(3)9(2)8-13(11,4)12-6-7-14-12/h9-12H,5-8H2,1-4H3/q-1. The van der Waals surface area contributed by atoms with E-state index in [1.165, 1.54) is 16.8 Å². The summed E-state index contributed by atoms with van der Waals surface area (Å²) in [5.41, 5.74) is 0.749. The molecule has 1 heteroatoms. The molecule has 1 aliphatic carbocycles. The monoisotopic (exact) mass is 307 g/mol. The van der Waals surface area contributed by atoms with Gasteiger partial charge in [0, 0.05) is 0 Å². The van der Waals surface area contributed by atoms with Gasteiger partial charge in [0.1, 0.15) is 0 Å². The van der Waals surface area contributed by atoms with E-state index in [9.17, 15) is 0 Å². The molecule has 0 N–H and O–H groups in total. The van der Waals surface area contributed by atoms with E-state index in [0.717, 1.165) is 23.2 Å².